The van der Waals surface area contributed by atoms with Gasteiger partial charge in [0.05, 0.1) is 89.9 Å². The number of thiazole rings is 1. The lowest BCUT2D eigenvalue weighted by atomic mass is 9.85. The lowest BCUT2D eigenvalue weighted by molar-refractivity contribution is -0.144. The van der Waals surface area contributed by atoms with E-state index < -0.39 is 44.6 Å². The minimum Gasteiger partial charge on any atom is -0.391 e. The largest absolute Gasteiger partial charge is 0.391 e. The molecule has 18 nitrogen and oxygen atoms in total. The Labute approximate surface area is 426 Å². The number of carbonyl (C=O) groups excluding carboxylic acids is 3. The van der Waals surface area contributed by atoms with Crippen LogP contribution in [-0.2, 0) is 38.4 Å². The van der Waals surface area contributed by atoms with E-state index in [0.29, 0.717) is 43.9 Å². The van der Waals surface area contributed by atoms with Crippen LogP contribution in [0.1, 0.15) is 84.5 Å². The second-order valence-corrected chi connectivity index (χ2v) is 23.1. The molecule has 2 aromatic heterocycles. The summed E-state index contributed by atoms with van der Waals surface area (Å²) in [4.78, 5) is 59.1. The van der Waals surface area contributed by atoms with Crippen molar-refractivity contribution in [1.82, 2.24) is 35.4 Å². The summed E-state index contributed by atoms with van der Waals surface area (Å²) in [5.41, 5.74) is 4.43. The molecule has 5 N–H and O–H groups in total. The van der Waals surface area contributed by atoms with Crippen LogP contribution in [0.3, 0.4) is 0 Å². The lowest BCUT2D eigenvalue weighted by Crippen LogP contribution is -2.58. The number of rotatable bonds is 24. The molecule has 0 saturated carbocycles. The van der Waals surface area contributed by atoms with Crippen LogP contribution in [0.5, 0.6) is 0 Å². The quantitative estimate of drug-likeness (QED) is 0.0495. The average molecular weight is 1040 g/mol. The highest BCUT2D eigenvalue weighted by Crippen LogP contribution is 2.32. The molecule has 0 spiro atoms. The molecule has 4 aromatic rings. The monoisotopic (exact) mass is 1040 g/mol. The highest BCUT2D eigenvalue weighted by atomic mass is 35.5. The number of hydrogen-bond donors (Lipinski definition) is 5. The summed E-state index contributed by atoms with van der Waals surface area (Å²) < 4.78 is 43.1. The van der Waals surface area contributed by atoms with Crippen LogP contribution in [0.4, 0.5) is 17.5 Å². The minimum absolute atomic E-state index is 0.0139. The zero-order valence-electron chi connectivity index (χ0n) is 41.8. The Bertz CT molecular complexity index is 2510. The van der Waals surface area contributed by atoms with Gasteiger partial charge in [-0.1, -0.05) is 68.8 Å². The second-order valence-electron chi connectivity index (χ2n) is 19.4. The zero-order chi connectivity index (χ0) is 51.3. The Balaban J connectivity index is 0.846. The Morgan fingerprint density at radius 2 is 1.62 bits per heavy atom. The summed E-state index contributed by atoms with van der Waals surface area (Å²) in [6.07, 6.45) is 2.64. The normalized spacial score (nSPS) is 18.6. The van der Waals surface area contributed by atoms with Gasteiger partial charge in [-0.25, -0.2) is 18.4 Å². The number of β-amino-alcohol motifs (C(OH)–C–C–N with tert-alkyl or cyclic N) is 1. The summed E-state index contributed by atoms with van der Waals surface area (Å²) in [5.74, 6) is -0.467. The molecule has 5 atom stereocenters. The van der Waals surface area contributed by atoms with Gasteiger partial charge in [-0.15, -0.1) is 11.3 Å². The van der Waals surface area contributed by atoms with Gasteiger partial charge in [-0.3, -0.25) is 19.3 Å². The molecule has 21 heteroatoms. The van der Waals surface area contributed by atoms with Crippen molar-refractivity contribution in [2.45, 2.75) is 115 Å². The fourth-order valence-corrected chi connectivity index (χ4v) is 10.6. The number of benzene rings is 2. The molecular weight excluding hydrogens is 970 g/mol. The van der Waals surface area contributed by atoms with Crippen LogP contribution >= 0.6 is 22.9 Å². The number of nitrogens with one attached hydrogen (secondary N) is 4. The summed E-state index contributed by atoms with van der Waals surface area (Å²) in [7, 11) is -3.55. The first-order valence-electron chi connectivity index (χ1n) is 24.2. The van der Waals surface area contributed by atoms with Crippen molar-refractivity contribution in [3.8, 4) is 10.4 Å². The molecule has 4 heterocycles. The second kappa shape index (κ2) is 25.7. The first kappa shape index (κ1) is 55.5. The molecule has 2 saturated heterocycles. The summed E-state index contributed by atoms with van der Waals surface area (Å²) in [5, 5.41) is 22.7. The molecule has 6 rings (SSSR count). The smallest absolute Gasteiger partial charge is 0.246 e. The maximum atomic E-state index is 14.1. The van der Waals surface area contributed by atoms with E-state index in [4.69, 9.17) is 25.8 Å². The van der Waals surface area contributed by atoms with E-state index in [1.165, 1.54) is 11.1 Å². The van der Waals surface area contributed by atoms with E-state index in [0.717, 1.165) is 54.2 Å². The standard InChI is InChI=1S/C50H70ClN9O9S2/c1-32(2)71(65,66)42-13-9-8-12-40(42)56-46-39(51)28-52-49(58-46)55-37-11-10-19-59(29-37)20-22-68-24-26-69-25-23-67-21-18-43(62)57-45(50(5,6)7)48(64)60-30-38(61)27-41(60)47(63)54-33(3)35-14-16-36(17-15-35)44-34(4)53-31-70-44/h8-9,12-17,28,31-33,37-38,41,45,61H,10-11,18-27,29-30H2,1-7H3,(H,54,63)(H,57,62)(H2,52,55,56,58)/t33-,37+,38+,41-,45+/m0/s1. The average Bonchev–Trinajstić information content (AvgIpc) is 3.95. The highest BCUT2D eigenvalue weighted by Gasteiger charge is 2.44. The Morgan fingerprint density at radius 1 is 0.930 bits per heavy atom. The van der Waals surface area contributed by atoms with E-state index in [2.05, 4.69) is 41.1 Å². The lowest BCUT2D eigenvalue weighted by Gasteiger charge is -2.35. The Morgan fingerprint density at radius 3 is 2.30 bits per heavy atom. The summed E-state index contributed by atoms with van der Waals surface area (Å²) in [6, 6.07) is 12.5. The number of para-hydroxylation sites is 1. The van der Waals surface area contributed by atoms with E-state index >= 15 is 0 Å². The van der Waals surface area contributed by atoms with Crippen LogP contribution in [-0.4, -0.2) is 151 Å². The van der Waals surface area contributed by atoms with Crippen molar-refractivity contribution in [2.75, 3.05) is 76.5 Å². The van der Waals surface area contributed by atoms with Crippen molar-refractivity contribution >= 4 is 68.0 Å². The van der Waals surface area contributed by atoms with Gasteiger partial charge in [0.2, 0.25) is 23.7 Å². The van der Waals surface area contributed by atoms with Crippen molar-refractivity contribution in [3.63, 3.8) is 0 Å². The van der Waals surface area contributed by atoms with Gasteiger partial charge in [0.15, 0.2) is 15.7 Å². The number of piperidine rings is 1. The van der Waals surface area contributed by atoms with E-state index in [9.17, 15) is 27.9 Å². The van der Waals surface area contributed by atoms with Crippen LogP contribution in [0, 0.1) is 12.3 Å². The number of nitrogens with zero attached hydrogens (tertiary/aromatic N) is 5. The van der Waals surface area contributed by atoms with Crippen LogP contribution in [0.25, 0.3) is 10.4 Å². The number of aromatic nitrogens is 3. The maximum Gasteiger partial charge on any atom is 0.246 e. The van der Waals surface area contributed by atoms with Crippen LogP contribution < -0.4 is 21.3 Å². The first-order valence-corrected chi connectivity index (χ1v) is 27.1. The molecule has 2 aliphatic rings. The van der Waals surface area contributed by atoms with E-state index in [1.54, 1.807) is 49.4 Å². The number of carbonyl (C=O) groups is 3. The number of anilines is 3. The molecule has 2 aromatic carbocycles. The highest BCUT2D eigenvalue weighted by molar-refractivity contribution is 7.92. The molecular formula is C50H70ClN9O9S2. The van der Waals surface area contributed by atoms with Gasteiger partial charge in [0, 0.05) is 38.5 Å². The molecule has 388 valence electrons. The summed E-state index contributed by atoms with van der Waals surface area (Å²) >= 11 is 8.01. The maximum absolute atomic E-state index is 14.1. The van der Waals surface area contributed by atoms with E-state index in [-0.39, 0.29) is 66.4 Å². The topological polar surface area (TPSA) is 227 Å². The van der Waals surface area contributed by atoms with E-state index in [1.807, 2.05) is 64.4 Å². The van der Waals surface area contributed by atoms with Crippen molar-refractivity contribution in [1.29, 1.82) is 0 Å². The molecule has 3 amide bonds. The summed E-state index contributed by atoms with van der Waals surface area (Å²) in [6.45, 7) is 17.1. The van der Waals surface area contributed by atoms with Crippen molar-refractivity contribution in [3.05, 3.63) is 76.5 Å². The third kappa shape index (κ3) is 15.6. The number of aliphatic hydroxyl groups is 1. The Kier molecular flexibility index (Phi) is 20.1. The predicted octanol–water partition coefficient (Wildman–Crippen LogP) is 6.17. The number of aliphatic hydroxyl groups excluding tert-OH is 1. The number of likely N-dealkylation sites (tertiary alicyclic amines) is 2. The van der Waals surface area contributed by atoms with Gasteiger partial charge in [-0.2, -0.15) is 4.98 Å². The van der Waals surface area contributed by atoms with Crippen LogP contribution in [0.2, 0.25) is 5.02 Å². The number of sulfone groups is 1. The minimum atomic E-state index is -3.55. The van der Waals surface area contributed by atoms with Crippen LogP contribution in [0.15, 0.2) is 65.1 Å². The molecule has 71 heavy (non-hydrogen) atoms. The fourth-order valence-electron chi connectivity index (χ4n) is 8.43. The van der Waals surface area contributed by atoms with Crippen molar-refractivity contribution in [2.24, 2.45) is 5.41 Å². The number of ether oxygens (including phenoxy) is 3. The number of halogens is 1. The predicted molar refractivity (Wildman–Crippen MR) is 276 cm³/mol. The SMILES string of the molecule is Cc1ncsc1-c1ccc([C@H](C)NC(=O)[C@@H]2C[C@@H](O)CN2C(=O)[C@@H](NC(=O)CCOCCOCCOCCN2CCC[C@@H](Nc3ncc(Cl)c(Nc4ccccc4S(=O)(=O)C(C)C)n3)C2)C(C)(C)C)cc1. The first-order chi connectivity index (χ1) is 33.8. The molecule has 2 aliphatic heterocycles. The van der Waals surface area contributed by atoms with Gasteiger partial charge in [0.25, 0.3) is 0 Å². The van der Waals surface area contributed by atoms with Gasteiger partial charge in [0.1, 0.15) is 17.1 Å². The molecule has 0 aliphatic carbocycles. The van der Waals surface area contributed by atoms with Gasteiger partial charge >= 0.3 is 0 Å². The zero-order valence-corrected chi connectivity index (χ0v) is 44.2. The van der Waals surface area contributed by atoms with Crippen molar-refractivity contribution < 1.29 is 42.1 Å². The molecule has 0 bridgehead atoms. The van der Waals surface area contributed by atoms with Gasteiger partial charge < -0.3 is 45.5 Å². The number of aryl methyl sites for hydroxylation is 1. The third-order valence-electron chi connectivity index (χ3n) is 12.5. The fraction of sp³-hybridized carbons (Fsp3) is 0.560. The number of hydrogen-bond acceptors (Lipinski definition) is 16. The molecule has 0 radical (unpaired) electrons. The molecule has 2 fully saturated rings. The number of amides is 3. The Hall–Kier alpha value is -4.80. The third-order valence-corrected chi connectivity index (χ3v) is 15.9. The van der Waals surface area contributed by atoms with Gasteiger partial charge in [-0.05, 0) is 75.8 Å². The molecule has 0 unspecified atom stereocenters.